The van der Waals surface area contributed by atoms with Crippen LogP contribution in [0.25, 0.3) is 0 Å². The van der Waals surface area contributed by atoms with Gasteiger partial charge in [-0.25, -0.2) is 0 Å². The molecule has 1 saturated heterocycles. The topological polar surface area (TPSA) is 63.2 Å². The van der Waals surface area contributed by atoms with Crippen LogP contribution in [0.5, 0.6) is 11.5 Å². The number of morpholine rings is 1. The van der Waals surface area contributed by atoms with Crippen molar-refractivity contribution in [2.75, 3.05) is 46.6 Å². The molecule has 0 spiro atoms. The van der Waals surface area contributed by atoms with Crippen molar-refractivity contribution >= 4 is 0 Å². The zero-order chi connectivity index (χ0) is 14.7. The second kappa shape index (κ2) is 6.62. The summed E-state index contributed by atoms with van der Waals surface area (Å²) >= 11 is 0. The van der Waals surface area contributed by atoms with Gasteiger partial charge in [0.1, 0.15) is 0 Å². The Morgan fingerprint density at radius 1 is 1.38 bits per heavy atom. The van der Waals surface area contributed by atoms with Crippen LogP contribution in [0.2, 0.25) is 0 Å². The van der Waals surface area contributed by atoms with Crippen molar-refractivity contribution in [1.82, 2.24) is 10.2 Å². The minimum absolute atomic E-state index is 0.188. The molecule has 0 bridgehead atoms. The van der Waals surface area contributed by atoms with Crippen molar-refractivity contribution in [2.24, 2.45) is 0 Å². The number of aliphatic hydroxyl groups is 1. The minimum atomic E-state index is -0.569. The van der Waals surface area contributed by atoms with Crippen LogP contribution in [0.1, 0.15) is 11.7 Å². The van der Waals surface area contributed by atoms with Gasteiger partial charge in [-0.2, -0.15) is 0 Å². The summed E-state index contributed by atoms with van der Waals surface area (Å²) in [5.74, 6) is 1.43. The molecule has 0 aromatic heterocycles. The quantitative estimate of drug-likeness (QED) is 0.818. The number of aliphatic hydroxyl groups excluding tert-OH is 1. The van der Waals surface area contributed by atoms with E-state index in [-0.39, 0.29) is 12.9 Å². The lowest BCUT2D eigenvalue weighted by atomic mass is 10.1. The molecule has 2 unspecified atom stereocenters. The molecule has 3 rings (SSSR count). The molecule has 116 valence electrons. The fourth-order valence-electron chi connectivity index (χ4n) is 2.61. The molecule has 6 nitrogen and oxygen atoms in total. The fourth-order valence-corrected chi connectivity index (χ4v) is 2.61. The SMILES string of the molecule is CN1CCOC(CNCC(O)c2ccc3c(c2)OCO3)C1. The highest BCUT2D eigenvalue weighted by Gasteiger charge is 2.19. The number of benzene rings is 1. The first-order chi connectivity index (χ1) is 10.2. The second-order valence-corrected chi connectivity index (χ2v) is 5.54. The average molecular weight is 294 g/mol. The number of likely N-dealkylation sites (N-methyl/N-ethyl adjacent to an activating group) is 1. The number of hydrogen-bond acceptors (Lipinski definition) is 6. The van der Waals surface area contributed by atoms with Gasteiger partial charge < -0.3 is 29.5 Å². The van der Waals surface area contributed by atoms with E-state index in [9.17, 15) is 5.11 Å². The van der Waals surface area contributed by atoms with Gasteiger partial charge in [0.15, 0.2) is 11.5 Å². The second-order valence-electron chi connectivity index (χ2n) is 5.54. The Kier molecular flexibility index (Phi) is 4.60. The van der Waals surface area contributed by atoms with Gasteiger partial charge in [0.25, 0.3) is 0 Å². The van der Waals surface area contributed by atoms with Gasteiger partial charge in [-0.15, -0.1) is 0 Å². The zero-order valence-corrected chi connectivity index (χ0v) is 12.2. The molecule has 0 radical (unpaired) electrons. The summed E-state index contributed by atoms with van der Waals surface area (Å²) in [7, 11) is 2.09. The molecule has 2 aliphatic heterocycles. The predicted molar refractivity (Wildman–Crippen MR) is 77.6 cm³/mol. The summed E-state index contributed by atoms with van der Waals surface area (Å²) in [5, 5.41) is 13.5. The molecule has 6 heteroatoms. The first-order valence-electron chi connectivity index (χ1n) is 7.31. The molecule has 0 saturated carbocycles. The molecule has 21 heavy (non-hydrogen) atoms. The van der Waals surface area contributed by atoms with E-state index in [0.717, 1.165) is 37.6 Å². The molecular weight excluding hydrogens is 272 g/mol. The van der Waals surface area contributed by atoms with Gasteiger partial charge in [-0.3, -0.25) is 0 Å². The van der Waals surface area contributed by atoms with Crippen molar-refractivity contribution in [3.8, 4) is 11.5 Å². The number of nitrogens with one attached hydrogen (secondary N) is 1. The van der Waals surface area contributed by atoms with Gasteiger partial charge >= 0.3 is 0 Å². The Bertz CT molecular complexity index is 483. The Hall–Kier alpha value is -1.34. The summed E-state index contributed by atoms with van der Waals surface area (Å²) < 4.78 is 16.3. The van der Waals surface area contributed by atoms with Crippen molar-refractivity contribution in [3.05, 3.63) is 23.8 Å². The van der Waals surface area contributed by atoms with E-state index in [2.05, 4.69) is 17.3 Å². The van der Waals surface area contributed by atoms with E-state index >= 15 is 0 Å². The smallest absolute Gasteiger partial charge is 0.231 e. The van der Waals surface area contributed by atoms with Crippen LogP contribution in [-0.2, 0) is 4.74 Å². The van der Waals surface area contributed by atoms with Crippen molar-refractivity contribution in [3.63, 3.8) is 0 Å². The largest absolute Gasteiger partial charge is 0.454 e. The van der Waals surface area contributed by atoms with Crippen molar-refractivity contribution in [1.29, 1.82) is 0 Å². The van der Waals surface area contributed by atoms with Crippen LogP contribution in [0.4, 0.5) is 0 Å². The molecule has 1 fully saturated rings. The number of hydrogen-bond donors (Lipinski definition) is 2. The summed E-state index contributed by atoms with van der Waals surface area (Å²) in [5.41, 5.74) is 0.827. The zero-order valence-electron chi connectivity index (χ0n) is 12.2. The lowest BCUT2D eigenvalue weighted by Crippen LogP contribution is -2.45. The molecular formula is C15H22N2O4. The summed E-state index contributed by atoms with van der Waals surface area (Å²) in [4.78, 5) is 2.25. The molecule has 1 aromatic rings. The normalized spacial score (nSPS) is 23.2. The molecule has 2 N–H and O–H groups in total. The standard InChI is InChI=1S/C15H22N2O4/c1-17-4-5-19-12(9-17)7-16-8-13(18)11-2-3-14-15(6-11)21-10-20-14/h2-3,6,12-13,16,18H,4-5,7-10H2,1H3. The van der Waals surface area contributed by atoms with Crippen LogP contribution in [0.15, 0.2) is 18.2 Å². The summed E-state index contributed by atoms with van der Waals surface area (Å²) in [6, 6.07) is 5.53. The van der Waals surface area contributed by atoms with Crippen molar-refractivity contribution < 1.29 is 19.3 Å². The van der Waals surface area contributed by atoms with Crippen molar-refractivity contribution in [2.45, 2.75) is 12.2 Å². The molecule has 2 aliphatic rings. The van der Waals surface area contributed by atoms with Crippen LogP contribution in [0, 0.1) is 0 Å². The van der Waals surface area contributed by atoms with Crippen LogP contribution in [0.3, 0.4) is 0 Å². The van der Waals surface area contributed by atoms with Gasteiger partial charge in [-0.1, -0.05) is 6.07 Å². The number of fused-ring (bicyclic) bond motifs is 1. The molecule has 0 amide bonds. The first kappa shape index (κ1) is 14.6. The Morgan fingerprint density at radius 3 is 3.10 bits per heavy atom. The molecule has 0 aliphatic carbocycles. The Morgan fingerprint density at radius 2 is 2.24 bits per heavy atom. The fraction of sp³-hybridized carbons (Fsp3) is 0.600. The number of nitrogens with zero attached hydrogens (tertiary/aromatic N) is 1. The Labute approximate surface area is 124 Å². The third-order valence-electron chi connectivity index (χ3n) is 3.83. The van der Waals surface area contributed by atoms with E-state index in [4.69, 9.17) is 14.2 Å². The van der Waals surface area contributed by atoms with E-state index in [1.54, 1.807) is 0 Å². The van der Waals surface area contributed by atoms with Gasteiger partial charge in [0.05, 0.1) is 18.8 Å². The van der Waals surface area contributed by atoms with Crippen LogP contribution < -0.4 is 14.8 Å². The Balaban J connectivity index is 1.46. The highest BCUT2D eigenvalue weighted by molar-refractivity contribution is 5.45. The summed E-state index contributed by atoms with van der Waals surface area (Å²) in [6.07, 6.45) is -0.381. The van der Waals surface area contributed by atoms with Gasteiger partial charge in [-0.05, 0) is 24.7 Å². The third-order valence-corrected chi connectivity index (χ3v) is 3.83. The third kappa shape index (κ3) is 3.65. The maximum Gasteiger partial charge on any atom is 0.231 e. The van der Waals surface area contributed by atoms with Gasteiger partial charge in [0, 0.05) is 26.2 Å². The van der Waals surface area contributed by atoms with Crippen LogP contribution >= 0.6 is 0 Å². The lowest BCUT2D eigenvalue weighted by Gasteiger charge is -2.30. The van der Waals surface area contributed by atoms with Crippen LogP contribution in [-0.4, -0.2) is 62.7 Å². The van der Waals surface area contributed by atoms with E-state index in [0.29, 0.717) is 12.3 Å². The molecule has 2 atom stereocenters. The lowest BCUT2D eigenvalue weighted by molar-refractivity contribution is -0.0191. The minimum Gasteiger partial charge on any atom is -0.454 e. The molecule has 1 aromatic carbocycles. The monoisotopic (exact) mass is 294 g/mol. The van der Waals surface area contributed by atoms with E-state index < -0.39 is 6.10 Å². The first-order valence-corrected chi connectivity index (χ1v) is 7.31. The predicted octanol–water partition coefficient (Wildman–Crippen LogP) is 0.369. The number of ether oxygens (including phenoxy) is 3. The number of rotatable bonds is 5. The highest BCUT2D eigenvalue weighted by Crippen LogP contribution is 2.34. The maximum absolute atomic E-state index is 10.2. The van der Waals surface area contributed by atoms with E-state index in [1.165, 1.54) is 0 Å². The highest BCUT2D eigenvalue weighted by atomic mass is 16.7. The maximum atomic E-state index is 10.2. The summed E-state index contributed by atoms with van der Waals surface area (Å²) in [6.45, 7) is 4.16. The van der Waals surface area contributed by atoms with Gasteiger partial charge in [0.2, 0.25) is 6.79 Å². The average Bonchev–Trinajstić information content (AvgIpc) is 2.94. The molecule has 2 heterocycles. The van der Waals surface area contributed by atoms with E-state index in [1.807, 2.05) is 18.2 Å².